The number of aliphatic hydroxyl groups is 1. The topological polar surface area (TPSA) is 68.7 Å². The highest BCUT2D eigenvalue weighted by Crippen LogP contribution is 2.19. The van der Waals surface area contributed by atoms with E-state index < -0.39 is 6.10 Å². The van der Waals surface area contributed by atoms with Crippen LogP contribution in [0, 0.1) is 5.82 Å². The van der Waals surface area contributed by atoms with E-state index in [-0.39, 0.29) is 11.7 Å². The minimum absolute atomic E-state index is 0.305. The number of hydrogen-bond acceptors (Lipinski definition) is 5. The van der Waals surface area contributed by atoms with Gasteiger partial charge >= 0.3 is 0 Å². The molecule has 0 bridgehead atoms. The van der Waals surface area contributed by atoms with Crippen molar-refractivity contribution in [2.75, 3.05) is 42.9 Å². The van der Waals surface area contributed by atoms with Crippen LogP contribution < -0.4 is 10.2 Å². The van der Waals surface area contributed by atoms with Crippen LogP contribution in [0.1, 0.15) is 22.0 Å². The molecule has 0 aliphatic carbocycles. The Morgan fingerprint density at radius 1 is 1.00 bits per heavy atom. The number of piperazine rings is 1. The number of rotatable bonds is 6. The van der Waals surface area contributed by atoms with Crippen molar-refractivity contribution >= 4 is 17.4 Å². The zero-order valence-corrected chi connectivity index (χ0v) is 17.1. The van der Waals surface area contributed by atoms with Crippen molar-refractivity contribution in [1.82, 2.24) is 9.88 Å². The third kappa shape index (κ3) is 5.45. The number of amides is 1. The maximum absolute atomic E-state index is 13.0. The number of nitrogens with one attached hydrogen (secondary N) is 1. The Labute approximate surface area is 181 Å². The van der Waals surface area contributed by atoms with Crippen molar-refractivity contribution < 1.29 is 14.3 Å². The molecule has 31 heavy (non-hydrogen) atoms. The van der Waals surface area contributed by atoms with Crippen molar-refractivity contribution in [2.45, 2.75) is 6.10 Å². The molecule has 1 amide bonds. The third-order valence-electron chi connectivity index (χ3n) is 5.42. The summed E-state index contributed by atoms with van der Waals surface area (Å²) in [6.45, 7) is 3.93. The Hall–Kier alpha value is -3.29. The fraction of sp³-hybridized carbons (Fsp3) is 0.250. The zero-order valence-electron chi connectivity index (χ0n) is 17.1. The number of halogens is 1. The lowest BCUT2D eigenvalue weighted by Gasteiger charge is -2.36. The SMILES string of the molecule is O=C(Nc1ccc(N2CCN(C[C@@H](O)c3ccccc3)CC2)nc1)c1ccc(F)cc1. The molecule has 1 saturated heterocycles. The van der Waals surface area contributed by atoms with Crippen molar-refractivity contribution in [2.24, 2.45) is 0 Å². The molecule has 2 aromatic carbocycles. The van der Waals surface area contributed by atoms with Crippen LogP contribution in [0.5, 0.6) is 0 Å². The number of aromatic nitrogens is 1. The lowest BCUT2D eigenvalue weighted by atomic mass is 10.1. The number of β-amino-alcohol motifs (C(OH)–C–C–N with tert-alkyl or cyclic N) is 1. The number of carbonyl (C=O) groups is 1. The van der Waals surface area contributed by atoms with Gasteiger partial charge in [-0.2, -0.15) is 0 Å². The quantitative estimate of drug-likeness (QED) is 0.640. The molecule has 0 unspecified atom stereocenters. The number of hydrogen-bond donors (Lipinski definition) is 2. The van der Waals surface area contributed by atoms with E-state index in [1.165, 1.54) is 24.3 Å². The molecule has 1 aliphatic heterocycles. The first-order valence-corrected chi connectivity index (χ1v) is 10.3. The standard InChI is InChI=1S/C24H25FN4O2/c25-20-8-6-19(7-9-20)24(31)27-21-10-11-23(26-16-21)29-14-12-28(13-15-29)17-22(30)18-4-2-1-3-5-18/h1-11,16,22,30H,12-15,17H2,(H,27,31)/t22-/m1/s1. The molecule has 1 fully saturated rings. The Morgan fingerprint density at radius 2 is 1.71 bits per heavy atom. The van der Waals surface area contributed by atoms with Crippen molar-refractivity contribution in [1.29, 1.82) is 0 Å². The normalized spacial score (nSPS) is 15.5. The second-order valence-electron chi connectivity index (χ2n) is 7.58. The minimum atomic E-state index is -0.491. The van der Waals surface area contributed by atoms with Gasteiger partial charge in [-0.3, -0.25) is 9.69 Å². The zero-order chi connectivity index (χ0) is 21.6. The predicted octanol–water partition coefficient (Wildman–Crippen LogP) is 3.33. The Morgan fingerprint density at radius 3 is 2.35 bits per heavy atom. The highest BCUT2D eigenvalue weighted by atomic mass is 19.1. The van der Waals surface area contributed by atoms with Crippen LogP contribution in [0.4, 0.5) is 15.9 Å². The van der Waals surface area contributed by atoms with Gasteiger partial charge < -0.3 is 15.3 Å². The summed E-state index contributed by atoms with van der Waals surface area (Å²) in [5, 5.41) is 13.2. The van der Waals surface area contributed by atoms with Crippen LogP contribution in [-0.4, -0.2) is 53.6 Å². The first-order chi connectivity index (χ1) is 15.1. The summed E-state index contributed by atoms with van der Waals surface area (Å²) in [5.41, 5.74) is 1.91. The van der Waals surface area contributed by atoms with Gasteiger partial charge in [0, 0.05) is 38.3 Å². The van der Waals surface area contributed by atoms with E-state index in [4.69, 9.17) is 0 Å². The van der Waals surface area contributed by atoms with E-state index in [1.807, 2.05) is 42.5 Å². The van der Waals surface area contributed by atoms with Gasteiger partial charge in [0.25, 0.3) is 5.91 Å². The molecule has 0 spiro atoms. The van der Waals surface area contributed by atoms with Gasteiger partial charge in [0.15, 0.2) is 0 Å². The van der Waals surface area contributed by atoms with Gasteiger partial charge in [-0.25, -0.2) is 9.37 Å². The van der Waals surface area contributed by atoms with Crippen molar-refractivity contribution in [3.8, 4) is 0 Å². The maximum atomic E-state index is 13.0. The van der Waals surface area contributed by atoms with E-state index in [1.54, 1.807) is 6.20 Å². The summed E-state index contributed by atoms with van der Waals surface area (Å²) in [4.78, 5) is 21.2. The highest BCUT2D eigenvalue weighted by molar-refractivity contribution is 6.04. The third-order valence-corrected chi connectivity index (χ3v) is 5.42. The molecule has 7 heteroatoms. The smallest absolute Gasteiger partial charge is 0.255 e. The first-order valence-electron chi connectivity index (χ1n) is 10.3. The second-order valence-corrected chi connectivity index (χ2v) is 7.58. The monoisotopic (exact) mass is 420 g/mol. The van der Waals surface area contributed by atoms with Crippen LogP contribution in [0.15, 0.2) is 72.9 Å². The average Bonchev–Trinajstić information content (AvgIpc) is 2.81. The molecular weight excluding hydrogens is 395 g/mol. The first kappa shape index (κ1) is 21.0. The summed E-state index contributed by atoms with van der Waals surface area (Å²) in [6.07, 6.45) is 1.14. The van der Waals surface area contributed by atoms with Crippen LogP contribution in [0.2, 0.25) is 0 Å². The average molecular weight is 420 g/mol. The number of nitrogens with zero attached hydrogens (tertiary/aromatic N) is 3. The summed E-state index contributed by atoms with van der Waals surface area (Å²) in [7, 11) is 0. The second kappa shape index (κ2) is 9.68. The summed E-state index contributed by atoms with van der Waals surface area (Å²) in [6, 6.07) is 18.8. The summed E-state index contributed by atoms with van der Waals surface area (Å²) in [5.74, 6) is 0.167. The Kier molecular flexibility index (Phi) is 6.54. The van der Waals surface area contributed by atoms with Crippen molar-refractivity contribution in [3.05, 3.63) is 89.9 Å². The molecule has 0 radical (unpaired) electrons. The van der Waals surface area contributed by atoms with Gasteiger partial charge in [-0.1, -0.05) is 30.3 Å². The minimum Gasteiger partial charge on any atom is -0.387 e. The lowest BCUT2D eigenvalue weighted by Crippen LogP contribution is -2.47. The van der Waals surface area contributed by atoms with Crippen LogP contribution in [0.25, 0.3) is 0 Å². The van der Waals surface area contributed by atoms with Crippen molar-refractivity contribution in [3.63, 3.8) is 0 Å². The van der Waals surface area contributed by atoms with Crippen LogP contribution >= 0.6 is 0 Å². The number of pyridine rings is 1. The molecule has 3 aromatic rings. The molecule has 0 saturated carbocycles. The molecule has 160 valence electrons. The van der Waals surface area contributed by atoms with Crippen LogP contribution in [0.3, 0.4) is 0 Å². The number of carbonyl (C=O) groups excluding carboxylic acids is 1. The van der Waals surface area contributed by atoms with E-state index in [9.17, 15) is 14.3 Å². The van der Waals surface area contributed by atoms with Gasteiger partial charge in [-0.15, -0.1) is 0 Å². The predicted molar refractivity (Wildman–Crippen MR) is 119 cm³/mol. The molecule has 6 nitrogen and oxygen atoms in total. The fourth-order valence-electron chi connectivity index (χ4n) is 3.64. The molecule has 1 aliphatic rings. The maximum Gasteiger partial charge on any atom is 0.255 e. The number of aliphatic hydroxyl groups excluding tert-OH is 1. The molecule has 1 aromatic heterocycles. The van der Waals surface area contributed by atoms with Gasteiger partial charge in [0.05, 0.1) is 18.0 Å². The van der Waals surface area contributed by atoms with E-state index >= 15 is 0 Å². The Balaban J connectivity index is 1.28. The molecule has 2 heterocycles. The summed E-state index contributed by atoms with van der Waals surface area (Å²) < 4.78 is 13.0. The van der Waals surface area contributed by atoms with E-state index in [0.717, 1.165) is 37.6 Å². The van der Waals surface area contributed by atoms with Gasteiger partial charge in [0.1, 0.15) is 11.6 Å². The highest BCUT2D eigenvalue weighted by Gasteiger charge is 2.20. The molecule has 4 rings (SSSR count). The number of benzene rings is 2. The van der Waals surface area contributed by atoms with E-state index in [0.29, 0.717) is 17.8 Å². The van der Waals surface area contributed by atoms with E-state index in [2.05, 4.69) is 20.1 Å². The number of anilines is 2. The molecular formula is C24H25FN4O2. The molecule has 2 N–H and O–H groups in total. The Bertz CT molecular complexity index is 988. The summed E-state index contributed by atoms with van der Waals surface area (Å²) >= 11 is 0. The van der Waals surface area contributed by atoms with Gasteiger partial charge in [0.2, 0.25) is 0 Å². The van der Waals surface area contributed by atoms with Crippen LogP contribution in [-0.2, 0) is 0 Å². The molecule has 1 atom stereocenters. The lowest BCUT2D eigenvalue weighted by molar-refractivity contribution is 0.102. The largest absolute Gasteiger partial charge is 0.387 e. The fourth-order valence-corrected chi connectivity index (χ4v) is 3.64. The van der Waals surface area contributed by atoms with Gasteiger partial charge in [-0.05, 0) is 42.0 Å².